The number of benzene rings is 4. The minimum atomic E-state index is -1.70. The van der Waals surface area contributed by atoms with Crippen LogP contribution in [0.4, 0.5) is 0 Å². The van der Waals surface area contributed by atoms with Gasteiger partial charge in [-0.05, 0) is 35.4 Å². The zero-order valence-electron chi connectivity index (χ0n) is 20.2. The van der Waals surface area contributed by atoms with Gasteiger partial charge in [-0.25, -0.2) is 4.79 Å². The second kappa shape index (κ2) is 10.6. The summed E-state index contributed by atoms with van der Waals surface area (Å²) in [6.07, 6.45) is -1.70. The Morgan fingerprint density at radius 2 is 1.26 bits per heavy atom. The molecule has 0 aromatic heterocycles. The van der Waals surface area contributed by atoms with Crippen LogP contribution in [0.25, 0.3) is 0 Å². The van der Waals surface area contributed by atoms with Gasteiger partial charge in [-0.3, -0.25) is 14.4 Å². The van der Waals surface area contributed by atoms with Crippen molar-refractivity contribution in [1.29, 1.82) is 0 Å². The van der Waals surface area contributed by atoms with Crippen LogP contribution in [-0.2, 0) is 16.1 Å². The van der Waals surface area contributed by atoms with Crippen molar-refractivity contribution in [3.8, 4) is 0 Å². The van der Waals surface area contributed by atoms with E-state index in [1.807, 2.05) is 0 Å². The number of esters is 1. The molecule has 0 spiro atoms. The van der Waals surface area contributed by atoms with Gasteiger partial charge in [0.05, 0.1) is 6.04 Å². The van der Waals surface area contributed by atoms with Crippen molar-refractivity contribution in [2.75, 3.05) is 0 Å². The fourth-order valence-corrected chi connectivity index (χ4v) is 4.43. The number of rotatable bonds is 7. The van der Waals surface area contributed by atoms with E-state index < -0.39 is 24.0 Å². The third-order valence-corrected chi connectivity index (χ3v) is 6.41. The molecule has 2 N–H and O–H groups in total. The van der Waals surface area contributed by atoms with Crippen LogP contribution in [0.3, 0.4) is 0 Å². The molecule has 5 rings (SSSR count). The van der Waals surface area contributed by atoms with Gasteiger partial charge < -0.3 is 15.2 Å². The number of carbonyl (C=O) groups is 4. The Balaban J connectivity index is 1.32. The summed E-state index contributed by atoms with van der Waals surface area (Å²) < 4.78 is 5.37. The van der Waals surface area contributed by atoms with Crippen LogP contribution in [0.2, 0.25) is 0 Å². The Morgan fingerprint density at radius 1 is 0.711 bits per heavy atom. The summed E-state index contributed by atoms with van der Waals surface area (Å²) in [4.78, 5) is 51.4. The molecule has 2 unspecified atom stereocenters. The molecule has 7 heteroatoms. The number of amides is 1. The Morgan fingerprint density at radius 3 is 1.92 bits per heavy atom. The second-order valence-corrected chi connectivity index (χ2v) is 8.86. The first-order chi connectivity index (χ1) is 18.4. The van der Waals surface area contributed by atoms with E-state index in [4.69, 9.17) is 4.74 Å². The van der Waals surface area contributed by atoms with E-state index in [-0.39, 0.29) is 29.3 Å². The lowest BCUT2D eigenvalue weighted by Crippen LogP contribution is -2.41. The number of hydrogen-bond acceptors (Lipinski definition) is 6. The van der Waals surface area contributed by atoms with Crippen molar-refractivity contribution in [2.24, 2.45) is 0 Å². The Bertz CT molecular complexity index is 1530. The summed E-state index contributed by atoms with van der Waals surface area (Å²) in [6.45, 7) is -0.236. The molecule has 7 nitrogen and oxygen atoms in total. The van der Waals surface area contributed by atoms with Gasteiger partial charge in [0.2, 0.25) is 0 Å². The summed E-state index contributed by atoms with van der Waals surface area (Å²) in [6, 6.07) is 27.3. The summed E-state index contributed by atoms with van der Waals surface area (Å²) in [7, 11) is 0. The Hall–Kier alpha value is -4.88. The van der Waals surface area contributed by atoms with Crippen LogP contribution >= 0.6 is 0 Å². The molecule has 0 fully saturated rings. The first-order valence-electron chi connectivity index (χ1n) is 12.0. The van der Waals surface area contributed by atoms with Crippen LogP contribution in [0, 0.1) is 0 Å². The van der Waals surface area contributed by atoms with Gasteiger partial charge in [0, 0.05) is 27.8 Å². The van der Waals surface area contributed by atoms with Crippen molar-refractivity contribution in [3.05, 3.63) is 142 Å². The molecule has 1 aliphatic carbocycles. The molecule has 4 aromatic carbocycles. The Kier molecular flexibility index (Phi) is 6.93. The topological polar surface area (TPSA) is 110 Å². The minimum Gasteiger partial charge on any atom is -0.459 e. The molecular formula is C31H23NO6. The molecule has 0 saturated carbocycles. The summed E-state index contributed by atoms with van der Waals surface area (Å²) in [5, 5.41) is 13.6. The van der Waals surface area contributed by atoms with Crippen molar-refractivity contribution < 1.29 is 29.0 Å². The van der Waals surface area contributed by atoms with Crippen LogP contribution in [0.1, 0.15) is 59.4 Å². The maximum atomic E-state index is 13.0. The number of ketones is 2. The summed E-state index contributed by atoms with van der Waals surface area (Å²) in [5.74, 6) is -1.92. The average Bonchev–Trinajstić information content (AvgIpc) is 2.97. The number of ether oxygens (including phenoxy) is 1. The number of nitrogens with one attached hydrogen (secondary N) is 1. The SMILES string of the molecule is O=C(NC(c1ccccc1)C(O)C(=O)OCc1ccc2c(c1)C(=O)c1ccccc1C2=O)c1ccccc1. The Labute approximate surface area is 218 Å². The van der Waals surface area contributed by atoms with Crippen LogP contribution < -0.4 is 5.32 Å². The van der Waals surface area contributed by atoms with E-state index in [0.29, 0.717) is 27.8 Å². The standard InChI is InChI=1S/C31H23NO6/c33-27-22-13-7-8-14-23(22)28(34)25-17-19(15-16-24(25)27)18-38-31(37)29(35)26(20-9-3-1-4-10-20)32-30(36)21-11-5-2-6-12-21/h1-17,26,29,35H,18H2,(H,32,36). The smallest absolute Gasteiger partial charge is 0.337 e. The first kappa shape index (κ1) is 24.8. The molecule has 188 valence electrons. The number of aliphatic hydroxyl groups is 1. The van der Waals surface area contributed by atoms with E-state index in [1.165, 1.54) is 12.1 Å². The molecule has 0 saturated heterocycles. The minimum absolute atomic E-state index is 0.236. The molecular weight excluding hydrogens is 482 g/mol. The molecule has 4 aromatic rings. The lowest BCUT2D eigenvalue weighted by Gasteiger charge is -2.24. The normalized spacial score (nSPS) is 13.6. The molecule has 0 aliphatic heterocycles. The van der Waals surface area contributed by atoms with Gasteiger partial charge in [-0.1, -0.05) is 78.9 Å². The molecule has 0 radical (unpaired) electrons. The van der Waals surface area contributed by atoms with Crippen LogP contribution in [0.5, 0.6) is 0 Å². The van der Waals surface area contributed by atoms with E-state index in [9.17, 15) is 24.3 Å². The molecule has 1 amide bonds. The van der Waals surface area contributed by atoms with Gasteiger partial charge >= 0.3 is 5.97 Å². The third kappa shape index (κ3) is 4.87. The summed E-state index contributed by atoms with van der Waals surface area (Å²) >= 11 is 0. The largest absolute Gasteiger partial charge is 0.459 e. The van der Waals surface area contributed by atoms with E-state index in [0.717, 1.165) is 0 Å². The monoisotopic (exact) mass is 505 g/mol. The number of carbonyl (C=O) groups excluding carboxylic acids is 4. The predicted octanol–water partition coefficient (Wildman–Crippen LogP) is 4.04. The highest BCUT2D eigenvalue weighted by atomic mass is 16.5. The fraction of sp³-hybridized carbons (Fsp3) is 0.0968. The lowest BCUT2D eigenvalue weighted by molar-refractivity contribution is -0.156. The van der Waals surface area contributed by atoms with Gasteiger partial charge in [0.1, 0.15) is 6.61 Å². The highest BCUT2D eigenvalue weighted by molar-refractivity contribution is 6.28. The number of hydrogen-bond donors (Lipinski definition) is 2. The van der Waals surface area contributed by atoms with E-state index in [2.05, 4.69) is 5.32 Å². The highest BCUT2D eigenvalue weighted by Crippen LogP contribution is 2.28. The van der Waals surface area contributed by atoms with Gasteiger partial charge in [0.25, 0.3) is 5.91 Å². The average molecular weight is 506 g/mol. The van der Waals surface area contributed by atoms with Gasteiger partial charge in [0.15, 0.2) is 17.7 Å². The maximum Gasteiger partial charge on any atom is 0.337 e. The van der Waals surface area contributed by atoms with E-state index >= 15 is 0 Å². The van der Waals surface area contributed by atoms with Crippen molar-refractivity contribution in [2.45, 2.75) is 18.8 Å². The number of aliphatic hydroxyl groups excluding tert-OH is 1. The van der Waals surface area contributed by atoms with Gasteiger partial charge in [-0.15, -0.1) is 0 Å². The van der Waals surface area contributed by atoms with Crippen molar-refractivity contribution in [3.63, 3.8) is 0 Å². The zero-order chi connectivity index (χ0) is 26.6. The fourth-order valence-electron chi connectivity index (χ4n) is 4.43. The van der Waals surface area contributed by atoms with Crippen LogP contribution in [-0.4, -0.2) is 34.7 Å². The van der Waals surface area contributed by atoms with Gasteiger partial charge in [-0.2, -0.15) is 0 Å². The lowest BCUT2D eigenvalue weighted by atomic mass is 9.83. The van der Waals surface area contributed by atoms with Crippen molar-refractivity contribution >= 4 is 23.4 Å². The highest BCUT2D eigenvalue weighted by Gasteiger charge is 2.32. The molecule has 38 heavy (non-hydrogen) atoms. The summed E-state index contributed by atoms with van der Waals surface area (Å²) in [5.41, 5.74) is 2.60. The second-order valence-electron chi connectivity index (χ2n) is 8.86. The first-order valence-corrected chi connectivity index (χ1v) is 12.0. The van der Waals surface area contributed by atoms with E-state index in [1.54, 1.807) is 91.0 Å². The quantitative estimate of drug-likeness (QED) is 0.323. The number of fused-ring (bicyclic) bond motifs is 2. The molecule has 0 heterocycles. The molecule has 0 bridgehead atoms. The van der Waals surface area contributed by atoms with Crippen LogP contribution in [0.15, 0.2) is 103 Å². The maximum absolute atomic E-state index is 13.0. The predicted molar refractivity (Wildman–Crippen MR) is 139 cm³/mol. The zero-order valence-corrected chi connectivity index (χ0v) is 20.2. The molecule has 1 aliphatic rings. The third-order valence-electron chi connectivity index (χ3n) is 6.41. The molecule has 2 atom stereocenters. The van der Waals surface area contributed by atoms with Crippen molar-refractivity contribution in [1.82, 2.24) is 5.32 Å².